The summed E-state index contributed by atoms with van der Waals surface area (Å²) in [5, 5.41) is 0. The fraction of sp³-hybridized carbons (Fsp3) is 0.345. The van der Waals surface area contributed by atoms with Gasteiger partial charge in [0.1, 0.15) is 5.82 Å². The molecule has 0 aliphatic carbocycles. The Labute approximate surface area is 250 Å². The quantitative estimate of drug-likeness (QED) is 0.291. The number of halogens is 2. The van der Waals surface area contributed by atoms with Gasteiger partial charge in [0.2, 0.25) is 26.0 Å². The number of carbonyl (C=O) groups excluding carboxylic acids is 1. The first-order chi connectivity index (χ1) is 19.5. The van der Waals surface area contributed by atoms with Crippen molar-refractivity contribution in [3.05, 3.63) is 94.7 Å². The van der Waals surface area contributed by atoms with Gasteiger partial charge in [0.25, 0.3) is 0 Å². The second-order valence-electron chi connectivity index (χ2n) is 9.89. The summed E-state index contributed by atoms with van der Waals surface area (Å²) in [6.07, 6.45) is 1.22. The molecule has 0 unspecified atom stereocenters. The van der Waals surface area contributed by atoms with Crippen molar-refractivity contribution in [2.75, 3.05) is 26.2 Å². The van der Waals surface area contributed by atoms with E-state index in [0.29, 0.717) is 24.8 Å². The predicted molar refractivity (Wildman–Crippen MR) is 158 cm³/mol. The van der Waals surface area contributed by atoms with Crippen LogP contribution in [0.2, 0.25) is 0 Å². The van der Waals surface area contributed by atoms with Crippen molar-refractivity contribution in [3.63, 3.8) is 0 Å². The molecule has 1 heterocycles. The Kier molecular flexibility index (Phi) is 10.3. The SMILES string of the molecule is CCCN(CC(=O)N(Cc1cccc(F)c1)C1CCN(S(=O)(=O)c2ccc(Br)cc2)CC1)S(=O)(=O)c1ccccc1. The van der Waals surface area contributed by atoms with Crippen molar-refractivity contribution in [2.24, 2.45) is 0 Å². The highest BCUT2D eigenvalue weighted by atomic mass is 79.9. The number of carbonyl (C=O) groups is 1. The number of benzene rings is 3. The van der Waals surface area contributed by atoms with Crippen LogP contribution >= 0.6 is 15.9 Å². The Balaban J connectivity index is 1.56. The smallest absolute Gasteiger partial charge is 0.243 e. The highest BCUT2D eigenvalue weighted by Crippen LogP contribution is 2.26. The van der Waals surface area contributed by atoms with E-state index in [9.17, 15) is 26.0 Å². The zero-order valence-electron chi connectivity index (χ0n) is 22.7. The number of hydrogen-bond acceptors (Lipinski definition) is 5. The second-order valence-corrected chi connectivity index (χ2v) is 14.7. The molecule has 8 nitrogen and oxygen atoms in total. The van der Waals surface area contributed by atoms with Gasteiger partial charge >= 0.3 is 0 Å². The summed E-state index contributed by atoms with van der Waals surface area (Å²) >= 11 is 3.32. The van der Waals surface area contributed by atoms with E-state index >= 15 is 0 Å². The Morgan fingerprint density at radius 3 is 2.20 bits per heavy atom. The Morgan fingerprint density at radius 2 is 1.59 bits per heavy atom. The van der Waals surface area contributed by atoms with Crippen LogP contribution < -0.4 is 0 Å². The second kappa shape index (κ2) is 13.6. The molecule has 3 aromatic carbocycles. The minimum atomic E-state index is -3.93. The summed E-state index contributed by atoms with van der Waals surface area (Å²) in [4.78, 5) is 15.7. The first kappa shape index (κ1) is 31.3. The number of rotatable bonds is 11. The van der Waals surface area contributed by atoms with Gasteiger partial charge in [0.05, 0.1) is 16.3 Å². The van der Waals surface area contributed by atoms with Crippen LogP contribution in [-0.4, -0.2) is 68.5 Å². The number of sulfonamides is 2. The molecule has 4 rings (SSSR count). The number of nitrogens with zero attached hydrogens (tertiary/aromatic N) is 3. The molecular formula is C29H33BrFN3O5S2. The number of hydrogen-bond donors (Lipinski definition) is 0. The van der Waals surface area contributed by atoms with E-state index in [1.165, 1.54) is 32.9 Å². The fourth-order valence-corrected chi connectivity index (χ4v) is 8.16. The summed E-state index contributed by atoms with van der Waals surface area (Å²) in [7, 11) is -7.65. The molecule has 1 amide bonds. The molecule has 0 aromatic heterocycles. The average Bonchev–Trinajstić information content (AvgIpc) is 2.96. The van der Waals surface area contributed by atoms with E-state index in [1.807, 2.05) is 6.92 Å². The molecule has 0 bridgehead atoms. The number of amides is 1. The first-order valence-electron chi connectivity index (χ1n) is 13.4. The van der Waals surface area contributed by atoms with Crippen molar-refractivity contribution in [3.8, 4) is 0 Å². The fourth-order valence-electron chi connectivity index (χ4n) is 4.92. The van der Waals surface area contributed by atoms with Crippen LogP contribution in [0.5, 0.6) is 0 Å². The Morgan fingerprint density at radius 1 is 0.927 bits per heavy atom. The average molecular weight is 667 g/mol. The Hall–Kier alpha value is -2.64. The summed E-state index contributed by atoms with van der Waals surface area (Å²) in [5.41, 5.74) is 0.566. The molecule has 0 spiro atoms. The molecule has 0 N–H and O–H groups in total. The molecule has 1 saturated heterocycles. The van der Waals surface area contributed by atoms with Crippen molar-refractivity contribution >= 4 is 41.9 Å². The maximum absolute atomic E-state index is 14.0. The third-order valence-corrected chi connectivity index (χ3v) is 11.3. The molecule has 1 aliphatic heterocycles. The summed E-state index contributed by atoms with van der Waals surface area (Å²) in [6.45, 7) is 2.07. The van der Waals surface area contributed by atoms with E-state index in [2.05, 4.69) is 15.9 Å². The minimum Gasteiger partial charge on any atom is -0.334 e. The predicted octanol–water partition coefficient (Wildman–Crippen LogP) is 4.87. The van der Waals surface area contributed by atoms with Crippen LogP contribution in [0.25, 0.3) is 0 Å². The Bertz CT molecular complexity index is 1550. The molecule has 1 aliphatic rings. The molecule has 3 aromatic rings. The lowest BCUT2D eigenvalue weighted by Gasteiger charge is -2.39. The molecule has 0 radical (unpaired) electrons. The van der Waals surface area contributed by atoms with Crippen LogP contribution in [-0.2, 0) is 31.4 Å². The summed E-state index contributed by atoms with van der Waals surface area (Å²) in [6, 6.07) is 20.0. The van der Waals surface area contributed by atoms with Gasteiger partial charge in [-0.15, -0.1) is 0 Å². The van der Waals surface area contributed by atoms with E-state index < -0.39 is 31.8 Å². The van der Waals surface area contributed by atoms with E-state index in [4.69, 9.17) is 0 Å². The lowest BCUT2D eigenvalue weighted by molar-refractivity contribution is -0.135. The zero-order chi connectivity index (χ0) is 29.6. The molecule has 220 valence electrons. The third-order valence-electron chi connectivity index (χ3n) is 7.04. The van der Waals surface area contributed by atoms with Gasteiger partial charge in [-0.05, 0) is 73.4 Å². The largest absolute Gasteiger partial charge is 0.334 e. The van der Waals surface area contributed by atoms with Crippen LogP contribution in [0.4, 0.5) is 4.39 Å². The topological polar surface area (TPSA) is 95.1 Å². The van der Waals surface area contributed by atoms with Crippen molar-refractivity contribution in [1.82, 2.24) is 13.5 Å². The van der Waals surface area contributed by atoms with Crippen LogP contribution in [0.15, 0.2) is 93.1 Å². The maximum Gasteiger partial charge on any atom is 0.243 e. The van der Waals surface area contributed by atoms with Crippen molar-refractivity contribution < 1.29 is 26.0 Å². The van der Waals surface area contributed by atoms with E-state index in [1.54, 1.807) is 59.5 Å². The molecule has 12 heteroatoms. The normalized spacial score (nSPS) is 15.2. The summed E-state index contributed by atoms with van der Waals surface area (Å²) in [5.74, 6) is -0.860. The van der Waals surface area contributed by atoms with Gasteiger partial charge in [-0.2, -0.15) is 8.61 Å². The van der Waals surface area contributed by atoms with Crippen LogP contribution in [0.3, 0.4) is 0 Å². The van der Waals surface area contributed by atoms with Gasteiger partial charge in [-0.1, -0.05) is 53.2 Å². The summed E-state index contributed by atoms with van der Waals surface area (Å²) < 4.78 is 70.6. The van der Waals surface area contributed by atoms with E-state index in [-0.39, 0.29) is 48.6 Å². The van der Waals surface area contributed by atoms with E-state index in [0.717, 1.165) is 4.47 Å². The lowest BCUT2D eigenvalue weighted by atomic mass is 10.0. The van der Waals surface area contributed by atoms with Gasteiger partial charge < -0.3 is 4.90 Å². The van der Waals surface area contributed by atoms with Gasteiger partial charge in [0, 0.05) is 36.7 Å². The number of piperidine rings is 1. The molecule has 0 saturated carbocycles. The molecule has 0 atom stereocenters. The van der Waals surface area contributed by atoms with Crippen LogP contribution in [0.1, 0.15) is 31.7 Å². The van der Waals surface area contributed by atoms with Crippen LogP contribution in [0, 0.1) is 5.82 Å². The first-order valence-corrected chi connectivity index (χ1v) is 17.0. The van der Waals surface area contributed by atoms with Gasteiger partial charge in [-0.25, -0.2) is 21.2 Å². The standard InChI is InChI=1S/C29H33BrFN3O5S2/c1-2-17-33(41(38,39)27-9-4-3-5-10-27)22-29(35)34(21-23-7-6-8-25(31)20-23)26-15-18-32(19-16-26)40(36,37)28-13-11-24(30)12-14-28/h3-14,20,26H,2,15-19,21-22H2,1H3. The highest BCUT2D eigenvalue weighted by Gasteiger charge is 2.35. The lowest BCUT2D eigenvalue weighted by Crippen LogP contribution is -2.51. The maximum atomic E-state index is 14.0. The van der Waals surface area contributed by atoms with Gasteiger partial charge in [0.15, 0.2) is 0 Å². The highest BCUT2D eigenvalue weighted by molar-refractivity contribution is 9.10. The minimum absolute atomic E-state index is 0.0755. The molecular weight excluding hydrogens is 633 g/mol. The zero-order valence-corrected chi connectivity index (χ0v) is 25.9. The molecule has 1 fully saturated rings. The third kappa shape index (κ3) is 7.61. The van der Waals surface area contributed by atoms with Crippen molar-refractivity contribution in [2.45, 2.75) is 48.6 Å². The molecule has 41 heavy (non-hydrogen) atoms. The monoisotopic (exact) mass is 665 g/mol. The van der Waals surface area contributed by atoms with Crippen molar-refractivity contribution in [1.29, 1.82) is 0 Å². The van der Waals surface area contributed by atoms with Gasteiger partial charge in [-0.3, -0.25) is 4.79 Å².